The predicted octanol–water partition coefficient (Wildman–Crippen LogP) is 1.93. The third-order valence-corrected chi connectivity index (χ3v) is 5.26. The minimum atomic E-state index is -3.73. The monoisotopic (exact) mass is 351 g/mol. The van der Waals surface area contributed by atoms with Gasteiger partial charge in [0.25, 0.3) is 0 Å². The SMILES string of the molecule is CC(=O)N(CCNS(=O)(=O)c1c(C)noc1C)c1cccc(C)c1. The number of hydrogen-bond donors (Lipinski definition) is 1. The average Bonchev–Trinajstić information content (AvgIpc) is 2.83. The van der Waals surface area contributed by atoms with Crippen LogP contribution in [0.5, 0.6) is 0 Å². The Labute approximate surface area is 141 Å². The van der Waals surface area contributed by atoms with Crippen molar-refractivity contribution in [2.75, 3.05) is 18.0 Å². The van der Waals surface area contributed by atoms with E-state index in [1.54, 1.807) is 13.8 Å². The zero-order chi connectivity index (χ0) is 17.9. The summed E-state index contributed by atoms with van der Waals surface area (Å²) in [5.74, 6) is 0.0826. The number of rotatable bonds is 6. The Morgan fingerprint density at radius 3 is 2.54 bits per heavy atom. The van der Waals surface area contributed by atoms with E-state index < -0.39 is 10.0 Å². The molecule has 0 unspecified atom stereocenters. The van der Waals surface area contributed by atoms with E-state index in [9.17, 15) is 13.2 Å². The van der Waals surface area contributed by atoms with Gasteiger partial charge < -0.3 is 9.42 Å². The van der Waals surface area contributed by atoms with E-state index in [1.807, 2.05) is 31.2 Å². The summed E-state index contributed by atoms with van der Waals surface area (Å²) in [7, 11) is -3.73. The van der Waals surface area contributed by atoms with Gasteiger partial charge in [0, 0.05) is 25.7 Å². The molecule has 0 radical (unpaired) electrons. The van der Waals surface area contributed by atoms with E-state index in [0.29, 0.717) is 5.69 Å². The smallest absolute Gasteiger partial charge is 0.246 e. The van der Waals surface area contributed by atoms with E-state index in [2.05, 4.69) is 9.88 Å². The highest BCUT2D eigenvalue weighted by Crippen LogP contribution is 2.19. The molecule has 0 saturated heterocycles. The zero-order valence-electron chi connectivity index (χ0n) is 14.2. The first-order valence-corrected chi connectivity index (χ1v) is 8.98. The number of aryl methyl sites for hydroxylation is 3. The maximum atomic E-state index is 12.4. The molecular weight excluding hydrogens is 330 g/mol. The van der Waals surface area contributed by atoms with Crippen molar-refractivity contribution in [2.45, 2.75) is 32.6 Å². The maximum absolute atomic E-state index is 12.4. The minimum absolute atomic E-state index is 0.0485. The number of amides is 1. The van der Waals surface area contributed by atoms with Crippen molar-refractivity contribution in [1.29, 1.82) is 0 Å². The molecule has 0 aliphatic rings. The number of sulfonamides is 1. The summed E-state index contributed by atoms with van der Waals surface area (Å²) in [6.45, 7) is 6.80. The molecule has 130 valence electrons. The highest BCUT2D eigenvalue weighted by atomic mass is 32.2. The van der Waals surface area contributed by atoms with Gasteiger partial charge in [-0.05, 0) is 38.5 Å². The highest BCUT2D eigenvalue weighted by molar-refractivity contribution is 7.89. The van der Waals surface area contributed by atoms with E-state index in [0.717, 1.165) is 11.3 Å². The van der Waals surface area contributed by atoms with E-state index >= 15 is 0 Å². The largest absolute Gasteiger partial charge is 0.360 e. The normalized spacial score (nSPS) is 11.5. The number of carbonyl (C=O) groups is 1. The molecule has 7 nitrogen and oxygen atoms in total. The van der Waals surface area contributed by atoms with Gasteiger partial charge in [-0.2, -0.15) is 0 Å². The zero-order valence-corrected chi connectivity index (χ0v) is 15.0. The summed E-state index contributed by atoms with van der Waals surface area (Å²) in [5.41, 5.74) is 2.07. The summed E-state index contributed by atoms with van der Waals surface area (Å²) in [6.07, 6.45) is 0. The van der Waals surface area contributed by atoms with Crippen LogP contribution in [0, 0.1) is 20.8 Å². The average molecular weight is 351 g/mol. The summed E-state index contributed by atoms with van der Waals surface area (Å²) in [4.78, 5) is 13.5. The van der Waals surface area contributed by atoms with Gasteiger partial charge in [0.2, 0.25) is 15.9 Å². The van der Waals surface area contributed by atoms with Crippen molar-refractivity contribution in [3.8, 4) is 0 Å². The van der Waals surface area contributed by atoms with Crippen LogP contribution in [0.1, 0.15) is 23.9 Å². The fourth-order valence-corrected chi connectivity index (χ4v) is 3.83. The predicted molar refractivity (Wildman–Crippen MR) is 90.4 cm³/mol. The van der Waals surface area contributed by atoms with Crippen LogP contribution in [0.3, 0.4) is 0 Å². The van der Waals surface area contributed by atoms with Crippen molar-refractivity contribution >= 4 is 21.6 Å². The number of nitrogens with one attached hydrogen (secondary N) is 1. The first-order valence-electron chi connectivity index (χ1n) is 7.49. The Bertz CT molecular complexity index is 823. The second-order valence-electron chi connectivity index (χ2n) is 5.56. The third kappa shape index (κ3) is 4.01. The number of anilines is 1. The van der Waals surface area contributed by atoms with Gasteiger partial charge in [0.15, 0.2) is 5.76 Å². The Balaban J connectivity index is 2.10. The van der Waals surface area contributed by atoms with Crippen molar-refractivity contribution in [3.63, 3.8) is 0 Å². The van der Waals surface area contributed by atoms with Gasteiger partial charge in [-0.25, -0.2) is 13.1 Å². The quantitative estimate of drug-likeness (QED) is 0.858. The number of aromatic nitrogens is 1. The molecule has 0 aliphatic carbocycles. The van der Waals surface area contributed by atoms with Crippen LogP contribution >= 0.6 is 0 Å². The lowest BCUT2D eigenvalue weighted by molar-refractivity contribution is -0.116. The van der Waals surface area contributed by atoms with Crippen LogP contribution in [0.2, 0.25) is 0 Å². The molecule has 8 heteroatoms. The van der Waals surface area contributed by atoms with Crippen LogP contribution < -0.4 is 9.62 Å². The van der Waals surface area contributed by atoms with Crippen LogP contribution in [0.25, 0.3) is 0 Å². The molecule has 0 spiro atoms. The second-order valence-corrected chi connectivity index (χ2v) is 7.26. The molecule has 1 aromatic carbocycles. The molecule has 0 bridgehead atoms. The van der Waals surface area contributed by atoms with E-state index in [1.165, 1.54) is 11.8 Å². The summed E-state index contributed by atoms with van der Waals surface area (Å²) in [5, 5.41) is 3.65. The van der Waals surface area contributed by atoms with Crippen molar-refractivity contribution in [3.05, 3.63) is 41.3 Å². The summed E-state index contributed by atoms with van der Waals surface area (Å²) < 4.78 is 32.1. The molecule has 2 aromatic rings. The van der Waals surface area contributed by atoms with Gasteiger partial charge in [0.05, 0.1) is 0 Å². The topological polar surface area (TPSA) is 92.5 Å². The second kappa shape index (κ2) is 7.14. The Morgan fingerprint density at radius 2 is 2.00 bits per heavy atom. The van der Waals surface area contributed by atoms with Crippen molar-refractivity contribution < 1.29 is 17.7 Å². The van der Waals surface area contributed by atoms with Gasteiger partial charge in [0.1, 0.15) is 10.6 Å². The van der Waals surface area contributed by atoms with Crippen LogP contribution in [0.15, 0.2) is 33.7 Å². The van der Waals surface area contributed by atoms with Crippen molar-refractivity contribution in [1.82, 2.24) is 9.88 Å². The number of carbonyl (C=O) groups excluding carboxylic acids is 1. The molecule has 0 atom stereocenters. The molecule has 0 fully saturated rings. The Hall–Kier alpha value is -2.19. The van der Waals surface area contributed by atoms with Gasteiger partial charge in [-0.1, -0.05) is 17.3 Å². The molecular formula is C16H21N3O4S. The van der Waals surface area contributed by atoms with Gasteiger partial charge in [-0.3, -0.25) is 4.79 Å². The van der Waals surface area contributed by atoms with Crippen LogP contribution in [-0.4, -0.2) is 32.6 Å². The first kappa shape index (κ1) is 18.2. The molecule has 1 aromatic heterocycles. The molecule has 0 saturated carbocycles. The van der Waals surface area contributed by atoms with Gasteiger partial charge >= 0.3 is 0 Å². The fraction of sp³-hybridized carbons (Fsp3) is 0.375. The number of nitrogens with zero attached hydrogens (tertiary/aromatic N) is 2. The maximum Gasteiger partial charge on any atom is 0.246 e. The molecule has 1 amide bonds. The lowest BCUT2D eigenvalue weighted by Gasteiger charge is -2.21. The molecule has 2 rings (SSSR count). The van der Waals surface area contributed by atoms with E-state index in [4.69, 9.17) is 4.52 Å². The lowest BCUT2D eigenvalue weighted by atomic mass is 10.2. The van der Waals surface area contributed by atoms with Crippen molar-refractivity contribution in [2.24, 2.45) is 0 Å². The number of benzene rings is 1. The molecule has 0 aliphatic heterocycles. The van der Waals surface area contributed by atoms with E-state index in [-0.39, 0.29) is 29.7 Å². The standard InChI is InChI=1S/C16H21N3O4S/c1-11-6-5-7-15(10-11)19(14(4)20)9-8-17-24(21,22)16-12(2)18-23-13(16)3/h5-7,10,17H,8-9H2,1-4H3. The summed E-state index contributed by atoms with van der Waals surface area (Å²) in [6, 6.07) is 7.48. The summed E-state index contributed by atoms with van der Waals surface area (Å²) >= 11 is 0. The molecule has 24 heavy (non-hydrogen) atoms. The minimum Gasteiger partial charge on any atom is -0.360 e. The molecule has 1 N–H and O–H groups in total. The van der Waals surface area contributed by atoms with Crippen LogP contribution in [0.4, 0.5) is 5.69 Å². The van der Waals surface area contributed by atoms with Gasteiger partial charge in [-0.15, -0.1) is 0 Å². The van der Waals surface area contributed by atoms with Crippen LogP contribution in [-0.2, 0) is 14.8 Å². The fourth-order valence-electron chi connectivity index (χ4n) is 2.49. The highest BCUT2D eigenvalue weighted by Gasteiger charge is 2.24. The lowest BCUT2D eigenvalue weighted by Crippen LogP contribution is -2.37. The third-order valence-electron chi connectivity index (χ3n) is 3.56. The molecule has 1 heterocycles. The number of hydrogen-bond acceptors (Lipinski definition) is 5. The Kier molecular flexibility index (Phi) is 5.40. The first-order chi connectivity index (χ1) is 11.2. The Morgan fingerprint density at radius 1 is 1.29 bits per heavy atom.